The number of esters is 1. The number of carbonyl (C=O) groups excluding carboxylic acids is 1. The summed E-state index contributed by atoms with van der Waals surface area (Å²) >= 11 is 0. The summed E-state index contributed by atoms with van der Waals surface area (Å²) in [6, 6.07) is 0. The number of ether oxygens (including phenoxy) is 2. The van der Waals surface area contributed by atoms with Crippen molar-refractivity contribution in [1.29, 1.82) is 0 Å². The zero-order chi connectivity index (χ0) is 38.4. The summed E-state index contributed by atoms with van der Waals surface area (Å²) in [7, 11) is 1.33. The molecule has 0 rings (SSSR count). The molecule has 52 heavy (non-hydrogen) atoms. The van der Waals surface area contributed by atoms with Gasteiger partial charge in [0.1, 0.15) is 19.3 Å². The van der Waals surface area contributed by atoms with Gasteiger partial charge in [-0.25, -0.2) is 0 Å². The minimum atomic E-state index is -4.53. The molecule has 0 radical (unpaired) electrons. The number of allylic oxidation sites excluding steroid dienone is 8. The Morgan fingerprint density at radius 2 is 1.10 bits per heavy atom. The number of phosphoric ester groups is 1. The first-order valence-electron chi connectivity index (χ1n) is 20.9. The number of hydrogen-bond donors (Lipinski definition) is 0. The summed E-state index contributed by atoms with van der Waals surface area (Å²) in [5.74, 6) is -0.355. The average Bonchev–Trinajstić information content (AvgIpc) is 3.09. The van der Waals surface area contributed by atoms with Gasteiger partial charge >= 0.3 is 5.97 Å². The number of likely N-dealkylation sites (N-methyl/N-ethyl adjacent to an activating group) is 1. The second kappa shape index (κ2) is 36.4. The van der Waals surface area contributed by atoms with Crippen molar-refractivity contribution in [2.45, 2.75) is 168 Å². The molecule has 0 spiro atoms. The van der Waals surface area contributed by atoms with Crippen molar-refractivity contribution in [3.05, 3.63) is 48.6 Å². The third-order valence-electron chi connectivity index (χ3n) is 8.58. The molecular weight excluding hydrogens is 673 g/mol. The van der Waals surface area contributed by atoms with E-state index in [4.69, 9.17) is 18.5 Å². The second-order valence-electron chi connectivity index (χ2n) is 15.0. The summed E-state index contributed by atoms with van der Waals surface area (Å²) in [4.78, 5) is 25.0. The third-order valence-corrected chi connectivity index (χ3v) is 9.55. The summed E-state index contributed by atoms with van der Waals surface area (Å²) in [5.41, 5.74) is 0. The molecule has 0 N–H and O–H groups in total. The van der Waals surface area contributed by atoms with Gasteiger partial charge in [0.15, 0.2) is 0 Å². The highest BCUT2D eigenvalue weighted by Crippen LogP contribution is 2.38. The Morgan fingerprint density at radius 1 is 0.596 bits per heavy atom. The predicted molar refractivity (Wildman–Crippen MR) is 217 cm³/mol. The third kappa shape index (κ3) is 39.7. The zero-order valence-corrected chi connectivity index (χ0v) is 35.1. The molecule has 0 fully saturated rings. The molecule has 0 aromatic rings. The molecule has 0 aliphatic rings. The van der Waals surface area contributed by atoms with Gasteiger partial charge in [0.2, 0.25) is 0 Å². The summed E-state index contributed by atoms with van der Waals surface area (Å²) in [5, 5.41) is 0. The Labute approximate surface area is 320 Å². The molecule has 2 atom stereocenters. The van der Waals surface area contributed by atoms with Crippen LogP contribution in [0.2, 0.25) is 0 Å². The fourth-order valence-electron chi connectivity index (χ4n) is 5.32. The summed E-state index contributed by atoms with van der Waals surface area (Å²) in [6.07, 6.45) is 42.6. The molecule has 0 amide bonds. The largest absolute Gasteiger partial charge is 0.756 e. The van der Waals surface area contributed by atoms with Crippen LogP contribution in [0.3, 0.4) is 0 Å². The number of carbonyl (C=O) groups is 1. The van der Waals surface area contributed by atoms with Gasteiger partial charge in [0, 0.05) is 13.0 Å². The quantitative estimate of drug-likeness (QED) is 0.0204. The van der Waals surface area contributed by atoms with E-state index in [1.165, 1.54) is 57.8 Å². The molecule has 9 heteroatoms. The molecular formula is C43H80NO7P. The van der Waals surface area contributed by atoms with Gasteiger partial charge in [-0.2, -0.15) is 0 Å². The maximum Gasteiger partial charge on any atom is 0.306 e. The van der Waals surface area contributed by atoms with Gasteiger partial charge in [0.05, 0.1) is 34.4 Å². The SMILES string of the molecule is CCC/C=C\C/C=C\CCCCCCCC(=O)OC(COCCCCCCCC/C=C\C/C=C\CCCCCC)COP(=O)([O-])OCC[N+](C)(C)C. The smallest absolute Gasteiger partial charge is 0.306 e. The minimum absolute atomic E-state index is 0.0194. The molecule has 0 saturated heterocycles. The highest BCUT2D eigenvalue weighted by Gasteiger charge is 2.20. The zero-order valence-electron chi connectivity index (χ0n) is 34.2. The van der Waals surface area contributed by atoms with Crippen molar-refractivity contribution >= 4 is 13.8 Å². The van der Waals surface area contributed by atoms with Crippen molar-refractivity contribution in [1.82, 2.24) is 0 Å². The van der Waals surface area contributed by atoms with E-state index in [1.807, 2.05) is 21.1 Å². The first-order valence-corrected chi connectivity index (χ1v) is 22.3. The van der Waals surface area contributed by atoms with E-state index in [0.29, 0.717) is 24.1 Å². The van der Waals surface area contributed by atoms with Crippen LogP contribution < -0.4 is 4.89 Å². The number of rotatable bonds is 38. The van der Waals surface area contributed by atoms with E-state index in [9.17, 15) is 14.3 Å². The van der Waals surface area contributed by atoms with Crippen molar-refractivity contribution in [2.24, 2.45) is 0 Å². The van der Waals surface area contributed by atoms with E-state index in [2.05, 4.69) is 62.5 Å². The van der Waals surface area contributed by atoms with Crippen LogP contribution in [0, 0.1) is 0 Å². The lowest BCUT2D eigenvalue weighted by Gasteiger charge is -2.28. The van der Waals surface area contributed by atoms with Crippen LogP contribution in [0.25, 0.3) is 0 Å². The lowest BCUT2D eigenvalue weighted by Crippen LogP contribution is -2.37. The molecule has 0 bridgehead atoms. The molecule has 2 unspecified atom stereocenters. The summed E-state index contributed by atoms with van der Waals surface area (Å²) < 4.78 is 34.5. The van der Waals surface area contributed by atoms with E-state index in [0.717, 1.165) is 83.5 Å². The van der Waals surface area contributed by atoms with Crippen molar-refractivity contribution in [2.75, 3.05) is 54.1 Å². The van der Waals surface area contributed by atoms with Gasteiger partial charge < -0.3 is 27.9 Å². The highest BCUT2D eigenvalue weighted by atomic mass is 31.2. The Bertz CT molecular complexity index is 973. The van der Waals surface area contributed by atoms with E-state index >= 15 is 0 Å². The Morgan fingerprint density at radius 3 is 1.63 bits per heavy atom. The molecule has 0 aromatic carbocycles. The Hall–Kier alpha value is -1.54. The van der Waals surface area contributed by atoms with Crippen LogP contribution in [0.5, 0.6) is 0 Å². The van der Waals surface area contributed by atoms with E-state index < -0.39 is 13.9 Å². The molecule has 304 valence electrons. The monoisotopic (exact) mass is 754 g/mol. The number of hydrogen-bond acceptors (Lipinski definition) is 7. The minimum Gasteiger partial charge on any atom is -0.756 e. The fourth-order valence-corrected chi connectivity index (χ4v) is 6.05. The van der Waals surface area contributed by atoms with Crippen molar-refractivity contribution in [3.8, 4) is 0 Å². The Kier molecular flexibility index (Phi) is 35.4. The number of unbranched alkanes of at least 4 members (excludes halogenated alkanes) is 16. The van der Waals surface area contributed by atoms with Crippen LogP contribution in [-0.4, -0.2) is 70.7 Å². The van der Waals surface area contributed by atoms with E-state index in [-0.39, 0.29) is 25.8 Å². The lowest BCUT2D eigenvalue weighted by molar-refractivity contribution is -0.870. The summed E-state index contributed by atoms with van der Waals surface area (Å²) in [6.45, 7) is 5.27. The van der Waals surface area contributed by atoms with Crippen LogP contribution in [0.1, 0.15) is 162 Å². The lowest BCUT2D eigenvalue weighted by atomic mass is 10.1. The topological polar surface area (TPSA) is 94.1 Å². The second-order valence-corrected chi connectivity index (χ2v) is 16.4. The van der Waals surface area contributed by atoms with Gasteiger partial charge in [-0.15, -0.1) is 0 Å². The molecule has 0 heterocycles. The van der Waals surface area contributed by atoms with Crippen LogP contribution in [0.15, 0.2) is 48.6 Å². The Balaban J connectivity index is 4.30. The van der Waals surface area contributed by atoms with Gasteiger partial charge in [-0.3, -0.25) is 9.36 Å². The maximum atomic E-state index is 12.6. The molecule has 0 aromatic heterocycles. The first kappa shape index (κ1) is 50.5. The molecule has 0 aliphatic carbocycles. The normalized spacial score (nSPS) is 14.3. The number of phosphoric acid groups is 1. The van der Waals surface area contributed by atoms with Crippen molar-refractivity contribution < 1.29 is 37.3 Å². The number of quaternary nitrogens is 1. The molecule has 8 nitrogen and oxygen atoms in total. The highest BCUT2D eigenvalue weighted by molar-refractivity contribution is 7.45. The standard InChI is InChI=1S/C43H80NO7P/c1-6-8-10-12-14-16-18-20-21-22-23-25-27-29-31-33-35-38-48-40-42(41-50-52(46,47)49-39-37-44(3,4)5)51-43(45)36-34-32-30-28-26-24-19-17-15-13-11-9-7-2/h11,13,16-19,21-22,42H,6-10,12,14-15,20,23-41H2,1-5H3/b13-11-,18-16-,19-17-,22-21-. The maximum absolute atomic E-state index is 12.6. The molecule has 0 aliphatic heterocycles. The van der Waals surface area contributed by atoms with Gasteiger partial charge in [0.25, 0.3) is 7.82 Å². The first-order chi connectivity index (χ1) is 25.1. The predicted octanol–water partition coefficient (Wildman–Crippen LogP) is 11.4. The van der Waals surface area contributed by atoms with Crippen molar-refractivity contribution in [3.63, 3.8) is 0 Å². The molecule has 0 saturated carbocycles. The van der Waals surface area contributed by atoms with Crippen LogP contribution in [0.4, 0.5) is 0 Å². The number of nitrogens with zero attached hydrogens (tertiary/aromatic N) is 1. The van der Waals surface area contributed by atoms with Crippen LogP contribution >= 0.6 is 7.82 Å². The average molecular weight is 754 g/mol. The van der Waals surface area contributed by atoms with Gasteiger partial charge in [-0.05, 0) is 70.6 Å². The van der Waals surface area contributed by atoms with Gasteiger partial charge in [-0.1, -0.05) is 133 Å². The van der Waals surface area contributed by atoms with E-state index in [1.54, 1.807) is 0 Å². The fraction of sp³-hybridized carbons (Fsp3) is 0.791. The van der Waals surface area contributed by atoms with Crippen LogP contribution in [-0.2, 0) is 27.9 Å².